The van der Waals surface area contributed by atoms with Crippen LogP contribution in [0.15, 0.2) is 40.2 Å². The van der Waals surface area contributed by atoms with Gasteiger partial charge < -0.3 is 5.32 Å². The molecule has 0 spiro atoms. The minimum absolute atomic E-state index is 0.203. The second kappa shape index (κ2) is 6.45. The van der Waals surface area contributed by atoms with Crippen molar-refractivity contribution >= 4 is 27.3 Å². The summed E-state index contributed by atoms with van der Waals surface area (Å²) in [5.41, 5.74) is 0.955. The quantitative estimate of drug-likeness (QED) is 0.824. The monoisotopic (exact) mass is 327 g/mol. The lowest BCUT2D eigenvalue weighted by Gasteiger charge is -2.15. The lowest BCUT2D eigenvalue weighted by Crippen LogP contribution is -2.19. The van der Waals surface area contributed by atoms with Gasteiger partial charge in [0.15, 0.2) is 0 Å². The SMILES string of the molecule is CCC(NCc1cc(F)cc(Br)c1)c1cccs1. The predicted octanol–water partition coefficient (Wildman–Crippen LogP) is 4.89. The van der Waals surface area contributed by atoms with Crippen molar-refractivity contribution in [1.29, 1.82) is 0 Å². The molecular weight excluding hydrogens is 313 g/mol. The van der Waals surface area contributed by atoms with Gasteiger partial charge in [0, 0.05) is 21.9 Å². The molecule has 2 aromatic rings. The topological polar surface area (TPSA) is 12.0 Å². The highest BCUT2D eigenvalue weighted by Gasteiger charge is 2.09. The molecule has 1 nitrogen and oxygen atoms in total. The van der Waals surface area contributed by atoms with E-state index in [1.807, 2.05) is 6.07 Å². The van der Waals surface area contributed by atoms with Gasteiger partial charge in [0.05, 0.1) is 0 Å². The van der Waals surface area contributed by atoms with Crippen molar-refractivity contribution in [2.24, 2.45) is 0 Å². The van der Waals surface area contributed by atoms with Crippen molar-refractivity contribution in [3.63, 3.8) is 0 Å². The normalized spacial score (nSPS) is 12.6. The Balaban J connectivity index is 2.01. The second-order valence-corrected chi connectivity index (χ2v) is 6.03. The molecule has 1 heterocycles. The summed E-state index contributed by atoms with van der Waals surface area (Å²) >= 11 is 5.06. The van der Waals surface area contributed by atoms with E-state index >= 15 is 0 Å². The summed E-state index contributed by atoms with van der Waals surface area (Å²) in [6, 6.07) is 9.51. The maximum absolute atomic E-state index is 13.3. The molecule has 0 aliphatic carbocycles. The first kappa shape index (κ1) is 13.7. The Morgan fingerprint density at radius 2 is 2.22 bits per heavy atom. The minimum atomic E-state index is -0.203. The molecule has 1 N–H and O–H groups in total. The number of rotatable bonds is 5. The van der Waals surface area contributed by atoms with Crippen LogP contribution in [0.1, 0.15) is 29.8 Å². The van der Waals surface area contributed by atoms with Crippen LogP contribution < -0.4 is 5.32 Å². The van der Waals surface area contributed by atoms with Crippen LogP contribution in [0.2, 0.25) is 0 Å². The van der Waals surface area contributed by atoms with E-state index in [0.717, 1.165) is 16.5 Å². The Bertz CT molecular complexity index is 478. The van der Waals surface area contributed by atoms with Crippen LogP contribution in [0.4, 0.5) is 4.39 Å². The Morgan fingerprint density at radius 3 is 2.83 bits per heavy atom. The summed E-state index contributed by atoms with van der Waals surface area (Å²) < 4.78 is 14.0. The first-order valence-corrected chi connectivity index (χ1v) is 7.58. The summed E-state index contributed by atoms with van der Waals surface area (Å²) in [6.07, 6.45) is 1.02. The van der Waals surface area contributed by atoms with Crippen molar-refractivity contribution in [2.75, 3.05) is 0 Å². The van der Waals surface area contributed by atoms with E-state index in [0.29, 0.717) is 12.6 Å². The minimum Gasteiger partial charge on any atom is -0.305 e. The molecule has 1 aromatic heterocycles. The Labute approximate surface area is 119 Å². The number of hydrogen-bond donors (Lipinski definition) is 1. The lowest BCUT2D eigenvalue weighted by molar-refractivity contribution is 0.524. The van der Waals surface area contributed by atoms with Gasteiger partial charge in [0.1, 0.15) is 5.82 Å². The zero-order valence-corrected chi connectivity index (χ0v) is 12.5. The van der Waals surface area contributed by atoms with Crippen LogP contribution in [0.25, 0.3) is 0 Å². The van der Waals surface area contributed by atoms with E-state index in [4.69, 9.17) is 0 Å². The zero-order chi connectivity index (χ0) is 13.0. The van der Waals surface area contributed by atoms with Gasteiger partial charge in [-0.1, -0.05) is 28.9 Å². The molecule has 2 rings (SSSR count). The van der Waals surface area contributed by atoms with E-state index < -0.39 is 0 Å². The van der Waals surface area contributed by atoms with Gasteiger partial charge in [-0.15, -0.1) is 11.3 Å². The molecule has 1 atom stereocenters. The molecule has 0 bridgehead atoms. The summed E-state index contributed by atoms with van der Waals surface area (Å²) in [7, 11) is 0. The molecule has 96 valence electrons. The van der Waals surface area contributed by atoms with Gasteiger partial charge in [-0.25, -0.2) is 4.39 Å². The van der Waals surface area contributed by atoms with Crippen molar-refractivity contribution in [1.82, 2.24) is 5.32 Å². The highest BCUT2D eigenvalue weighted by molar-refractivity contribution is 9.10. The zero-order valence-electron chi connectivity index (χ0n) is 10.1. The van der Waals surface area contributed by atoms with Crippen LogP contribution in [0, 0.1) is 5.82 Å². The number of thiophene rings is 1. The van der Waals surface area contributed by atoms with E-state index in [1.54, 1.807) is 17.4 Å². The third-order valence-electron chi connectivity index (χ3n) is 2.77. The van der Waals surface area contributed by atoms with Crippen LogP contribution in [0.5, 0.6) is 0 Å². The maximum Gasteiger partial charge on any atom is 0.124 e. The average Bonchev–Trinajstić information content (AvgIpc) is 2.82. The molecule has 0 aliphatic heterocycles. The Morgan fingerprint density at radius 1 is 1.39 bits per heavy atom. The first-order valence-electron chi connectivity index (χ1n) is 5.90. The van der Waals surface area contributed by atoms with E-state index in [1.165, 1.54) is 10.9 Å². The van der Waals surface area contributed by atoms with Gasteiger partial charge in [0.2, 0.25) is 0 Å². The summed E-state index contributed by atoms with van der Waals surface area (Å²) in [5, 5.41) is 5.55. The molecular formula is C14H15BrFNS. The third-order valence-corrected chi connectivity index (χ3v) is 4.21. The number of halogens is 2. The summed E-state index contributed by atoms with van der Waals surface area (Å²) in [4.78, 5) is 1.33. The van der Waals surface area contributed by atoms with Gasteiger partial charge in [0.25, 0.3) is 0 Å². The molecule has 0 amide bonds. The molecule has 0 saturated heterocycles. The second-order valence-electron chi connectivity index (χ2n) is 4.13. The number of hydrogen-bond acceptors (Lipinski definition) is 2. The Hall–Kier alpha value is -0.710. The predicted molar refractivity (Wildman–Crippen MR) is 78.3 cm³/mol. The average molecular weight is 328 g/mol. The van der Waals surface area contributed by atoms with Crippen molar-refractivity contribution in [2.45, 2.75) is 25.9 Å². The van der Waals surface area contributed by atoms with Crippen molar-refractivity contribution < 1.29 is 4.39 Å². The van der Waals surface area contributed by atoms with Gasteiger partial charge in [-0.2, -0.15) is 0 Å². The fourth-order valence-electron chi connectivity index (χ4n) is 1.89. The molecule has 0 radical (unpaired) electrons. The lowest BCUT2D eigenvalue weighted by atomic mass is 10.1. The van der Waals surface area contributed by atoms with Crippen molar-refractivity contribution in [3.05, 3.63) is 56.4 Å². The molecule has 0 fully saturated rings. The fourth-order valence-corrected chi connectivity index (χ4v) is 3.29. The summed E-state index contributed by atoms with van der Waals surface area (Å²) in [6.45, 7) is 2.83. The van der Waals surface area contributed by atoms with Gasteiger partial charge in [-0.05, 0) is 41.6 Å². The third kappa shape index (κ3) is 3.64. The van der Waals surface area contributed by atoms with Crippen LogP contribution in [-0.2, 0) is 6.54 Å². The molecule has 1 aromatic carbocycles. The molecule has 0 saturated carbocycles. The van der Waals surface area contributed by atoms with Crippen LogP contribution >= 0.6 is 27.3 Å². The molecule has 4 heteroatoms. The van der Waals surface area contributed by atoms with E-state index in [-0.39, 0.29) is 5.82 Å². The van der Waals surface area contributed by atoms with Gasteiger partial charge in [-0.3, -0.25) is 0 Å². The first-order chi connectivity index (χ1) is 8.69. The van der Waals surface area contributed by atoms with E-state index in [9.17, 15) is 4.39 Å². The van der Waals surface area contributed by atoms with Crippen molar-refractivity contribution in [3.8, 4) is 0 Å². The highest BCUT2D eigenvalue weighted by atomic mass is 79.9. The molecule has 0 aliphatic rings. The summed E-state index contributed by atoms with van der Waals surface area (Å²) in [5.74, 6) is -0.203. The standard InChI is InChI=1S/C14H15BrFNS/c1-2-13(14-4-3-5-18-14)17-9-10-6-11(15)8-12(16)7-10/h3-8,13,17H,2,9H2,1H3. The smallest absolute Gasteiger partial charge is 0.124 e. The molecule has 1 unspecified atom stereocenters. The maximum atomic E-state index is 13.3. The van der Waals surface area contributed by atoms with E-state index in [2.05, 4.69) is 45.7 Å². The Kier molecular flexibility index (Phi) is 4.92. The van der Waals surface area contributed by atoms with Crippen LogP contribution in [0.3, 0.4) is 0 Å². The van der Waals surface area contributed by atoms with Crippen LogP contribution in [-0.4, -0.2) is 0 Å². The highest BCUT2D eigenvalue weighted by Crippen LogP contribution is 2.22. The number of nitrogens with one attached hydrogen (secondary N) is 1. The number of benzene rings is 1. The largest absolute Gasteiger partial charge is 0.305 e. The fraction of sp³-hybridized carbons (Fsp3) is 0.286. The molecule has 18 heavy (non-hydrogen) atoms. The van der Waals surface area contributed by atoms with Gasteiger partial charge >= 0.3 is 0 Å².